The molecule has 0 unspecified atom stereocenters. The second-order valence-electron chi connectivity index (χ2n) is 5.36. The van der Waals surface area contributed by atoms with E-state index in [9.17, 15) is 8.42 Å². The first-order chi connectivity index (χ1) is 10.0. The number of nitrogens with zero attached hydrogens (tertiary/aromatic N) is 1. The molecule has 0 fully saturated rings. The summed E-state index contributed by atoms with van der Waals surface area (Å²) in [6, 6.07) is 16.0. The Morgan fingerprint density at radius 1 is 1.00 bits per heavy atom. The summed E-state index contributed by atoms with van der Waals surface area (Å²) in [4.78, 5) is 2.31. The first kappa shape index (κ1) is 13.9. The molecule has 5 heteroatoms. The summed E-state index contributed by atoms with van der Waals surface area (Å²) >= 11 is 0. The van der Waals surface area contributed by atoms with Crippen LogP contribution in [0, 0.1) is 0 Å². The summed E-state index contributed by atoms with van der Waals surface area (Å²) in [7, 11) is -3.22. The molecular formula is C16H18N2O2S. The molecule has 1 heterocycles. The van der Waals surface area contributed by atoms with Gasteiger partial charge in [0.1, 0.15) is 0 Å². The van der Waals surface area contributed by atoms with Crippen molar-refractivity contribution in [2.24, 2.45) is 0 Å². The fourth-order valence-corrected chi connectivity index (χ4v) is 3.23. The zero-order chi connectivity index (χ0) is 14.9. The van der Waals surface area contributed by atoms with Gasteiger partial charge in [0.2, 0.25) is 10.0 Å². The Labute approximate surface area is 125 Å². The van der Waals surface area contributed by atoms with Crippen molar-refractivity contribution in [3.63, 3.8) is 0 Å². The van der Waals surface area contributed by atoms with Crippen molar-refractivity contribution in [1.29, 1.82) is 0 Å². The highest BCUT2D eigenvalue weighted by molar-refractivity contribution is 7.92. The van der Waals surface area contributed by atoms with Crippen molar-refractivity contribution in [3.05, 3.63) is 59.7 Å². The van der Waals surface area contributed by atoms with Crippen LogP contribution in [0.1, 0.15) is 11.1 Å². The average Bonchev–Trinajstić information content (AvgIpc) is 2.46. The molecule has 1 aliphatic rings. The zero-order valence-electron chi connectivity index (χ0n) is 11.9. The van der Waals surface area contributed by atoms with Crippen LogP contribution in [0.15, 0.2) is 48.5 Å². The number of hydrogen-bond acceptors (Lipinski definition) is 3. The van der Waals surface area contributed by atoms with Crippen LogP contribution in [0.5, 0.6) is 0 Å². The molecule has 0 aromatic heterocycles. The predicted octanol–water partition coefficient (Wildman–Crippen LogP) is 2.62. The smallest absolute Gasteiger partial charge is 0.229 e. The number of hydrogen-bond donors (Lipinski definition) is 1. The molecule has 0 spiro atoms. The van der Waals surface area contributed by atoms with E-state index in [1.54, 1.807) is 12.1 Å². The highest BCUT2D eigenvalue weighted by Gasteiger charge is 2.15. The van der Waals surface area contributed by atoms with E-state index in [0.717, 1.165) is 31.5 Å². The van der Waals surface area contributed by atoms with Gasteiger partial charge in [0.05, 0.1) is 6.26 Å². The van der Waals surface area contributed by atoms with E-state index in [1.165, 1.54) is 11.1 Å². The minimum atomic E-state index is -3.22. The molecule has 4 nitrogen and oxygen atoms in total. The highest BCUT2D eigenvalue weighted by Crippen LogP contribution is 2.25. The molecule has 0 bridgehead atoms. The number of anilines is 2. The second-order valence-corrected chi connectivity index (χ2v) is 7.11. The van der Waals surface area contributed by atoms with Gasteiger partial charge in [-0.15, -0.1) is 0 Å². The Bertz CT molecular complexity index is 739. The number of rotatable bonds is 3. The predicted molar refractivity (Wildman–Crippen MR) is 86.1 cm³/mol. The maximum atomic E-state index is 11.2. The maximum Gasteiger partial charge on any atom is 0.229 e. The van der Waals surface area contributed by atoms with E-state index in [1.807, 2.05) is 12.1 Å². The van der Waals surface area contributed by atoms with E-state index < -0.39 is 10.0 Å². The minimum absolute atomic E-state index is 0.596. The van der Waals surface area contributed by atoms with E-state index in [0.29, 0.717) is 5.69 Å². The first-order valence-corrected chi connectivity index (χ1v) is 8.80. The molecule has 110 valence electrons. The van der Waals surface area contributed by atoms with Gasteiger partial charge in [-0.2, -0.15) is 0 Å². The van der Waals surface area contributed by atoms with Crippen molar-refractivity contribution in [1.82, 2.24) is 0 Å². The van der Waals surface area contributed by atoms with E-state index in [4.69, 9.17) is 0 Å². The summed E-state index contributed by atoms with van der Waals surface area (Å²) in [5.41, 5.74) is 4.49. The molecule has 0 atom stereocenters. The van der Waals surface area contributed by atoms with Crippen molar-refractivity contribution in [2.45, 2.75) is 13.0 Å². The summed E-state index contributed by atoms with van der Waals surface area (Å²) in [5.74, 6) is 0. The van der Waals surface area contributed by atoms with Crippen molar-refractivity contribution >= 4 is 21.4 Å². The fraction of sp³-hybridized carbons (Fsp3) is 0.250. The van der Waals surface area contributed by atoms with Crippen molar-refractivity contribution in [3.8, 4) is 0 Å². The maximum absolute atomic E-state index is 11.2. The number of sulfonamides is 1. The van der Waals surface area contributed by atoms with Crippen LogP contribution in [0.4, 0.5) is 11.4 Å². The zero-order valence-corrected chi connectivity index (χ0v) is 12.7. The van der Waals surface area contributed by atoms with Crippen LogP contribution in [0.3, 0.4) is 0 Å². The quantitative estimate of drug-likeness (QED) is 0.948. The summed E-state index contributed by atoms with van der Waals surface area (Å²) < 4.78 is 24.9. The van der Waals surface area contributed by atoms with Crippen LogP contribution in [-0.4, -0.2) is 21.2 Å². The Hall–Kier alpha value is -2.01. The van der Waals surface area contributed by atoms with Crippen molar-refractivity contribution in [2.75, 3.05) is 22.4 Å². The number of nitrogens with one attached hydrogen (secondary N) is 1. The molecule has 0 saturated heterocycles. The first-order valence-electron chi connectivity index (χ1n) is 6.91. The topological polar surface area (TPSA) is 49.4 Å². The summed E-state index contributed by atoms with van der Waals surface area (Å²) in [6.45, 7) is 1.88. The van der Waals surface area contributed by atoms with Gasteiger partial charge in [0, 0.05) is 24.5 Å². The normalized spacial score (nSPS) is 14.6. The van der Waals surface area contributed by atoms with Crippen LogP contribution in [0.25, 0.3) is 0 Å². The Morgan fingerprint density at radius 3 is 2.33 bits per heavy atom. The van der Waals surface area contributed by atoms with Gasteiger partial charge in [-0.1, -0.05) is 24.3 Å². The lowest BCUT2D eigenvalue weighted by Gasteiger charge is -2.30. The fourth-order valence-electron chi connectivity index (χ4n) is 2.67. The molecule has 2 aromatic carbocycles. The number of benzene rings is 2. The molecule has 0 amide bonds. The molecule has 1 N–H and O–H groups in total. The Kier molecular flexibility index (Phi) is 3.59. The molecule has 1 aliphatic heterocycles. The lowest BCUT2D eigenvalue weighted by atomic mass is 9.99. The van der Waals surface area contributed by atoms with Gasteiger partial charge in [0.15, 0.2) is 0 Å². The van der Waals surface area contributed by atoms with Gasteiger partial charge in [-0.3, -0.25) is 4.72 Å². The van der Waals surface area contributed by atoms with E-state index >= 15 is 0 Å². The van der Waals surface area contributed by atoms with Gasteiger partial charge in [-0.25, -0.2) is 8.42 Å². The van der Waals surface area contributed by atoms with E-state index in [-0.39, 0.29) is 0 Å². The SMILES string of the molecule is CS(=O)(=O)Nc1ccc(N2CCc3ccccc3C2)cc1. The second kappa shape index (κ2) is 5.41. The van der Waals surface area contributed by atoms with Gasteiger partial charge in [-0.05, 0) is 41.8 Å². The Morgan fingerprint density at radius 2 is 1.67 bits per heavy atom. The molecule has 0 radical (unpaired) electrons. The lowest BCUT2D eigenvalue weighted by Crippen LogP contribution is -2.30. The minimum Gasteiger partial charge on any atom is -0.367 e. The van der Waals surface area contributed by atoms with Crippen LogP contribution in [0.2, 0.25) is 0 Å². The molecule has 2 aromatic rings. The third-order valence-electron chi connectivity index (χ3n) is 3.67. The molecule has 3 rings (SSSR count). The molecule has 0 saturated carbocycles. The van der Waals surface area contributed by atoms with Crippen LogP contribution in [-0.2, 0) is 23.0 Å². The van der Waals surface area contributed by atoms with Crippen LogP contribution < -0.4 is 9.62 Å². The summed E-state index contributed by atoms with van der Waals surface area (Å²) in [6.07, 6.45) is 2.20. The highest BCUT2D eigenvalue weighted by atomic mass is 32.2. The molecular weight excluding hydrogens is 284 g/mol. The van der Waals surface area contributed by atoms with E-state index in [2.05, 4.69) is 33.9 Å². The standard InChI is InChI=1S/C16H18N2O2S/c1-21(19,20)17-15-6-8-16(9-7-15)18-11-10-13-4-2-3-5-14(13)12-18/h2-9,17H,10-12H2,1H3. The average molecular weight is 302 g/mol. The summed E-state index contributed by atoms with van der Waals surface area (Å²) in [5, 5.41) is 0. The monoisotopic (exact) mass is 302 g/mol. The third kappa shape index (κ3) is 3.36. The number of fused-ring (bicyclic) bond motifs is 1. The van der Waals surface area contributed by atoms with Gasteiger partial charge in [0.25, 0.3) is 0 Å². The molecule has 0 aliphatic carbocycles. The third-order valence-corrected chi connectivity index (χ3v) is 4.27. The van der Waals surface area contributed by atoms with Crippen LogP contribution >= 0.6 is 0 Å². The molecule has 21 heavy (non-hydrogen) atoms. The van der Waals surface area contributed by atoms with Gasteiger partial charge < -0.3 is 4.90 Å². The van der Waals surface area contributed by atoms with Crippen molar-refractivity contribution < 1.29 is 8.42 Å². The Balaban J connectivity index is 1.77. The largest absolute Gasteiger partial charge is 0.367 e. The lowest BCUT2D eigenvalue weighted by molar-refractivity contribution is 0.607. The van der Waals surface area contributed by atoms with Gasteiger partial charge >= 0.3 is 0 Å².